The second-order valence-corrected chi connectivity index (χ2v) is 7.79. The average molecular weight is 312 g/mol. The van der Waals surface area contributed by atoms with Gasteiger partial charge in [0.15, 0.2) is 0 Å². The maximum absolute atomic E-state index is 12.5. The Labute approximate surface area is 127 Å². The molecule has 0 aromatic heterocycles. The molecule has 1 fully saturated rings. The first-order chi connectivity index (χ1) is 9.93. The van der Waals surface area contributed by atoms with Crippen LogP contribution in [0, 0.1) is 0 Å². The molecule has 1 aromatic rings. The largest absolute Gasteiger partial charge is 0.377 e. The van der Waals surface area contributed by atoms with Gasteiger partial charge in [-0.05, 0) is 25.5 Å². The zero-order valence-electron chi connectivity index (χ0n) is 12.9. The molecule has 0 bridgehead atoms. The molecule has 1 aliphatic heterocycles. The normalized spacial score (nSPS) is 22.7. The second-order valence-electron chi connectivity index (χ2n) is 5.53. The van der Waals surface area contributed by atoms with Gasteiger partial charge in [-0.1, -0.05) is 18.2 Å². The number of para-hydroxylation sites is 1. The Hall–Kier alpha value is -1.11. The smallest absolute Gasteiger partial charge is 0.219 e. The highest BCUT2D eigenvalue weighted by Crippen LogP contribution is 2.23. The zero-order valence-corrected chi connectivity index (χ0v) is 13.7. The van der Waals surface area contributed by atoms with Crippen LogP contribution in [0.15, 0.2) is 30.3 Å². The van der Waals surface area contributed by atoms with Crippen LogP contribution in [0.4, 0.5) is 5.69 Å². The quantitative estimate of drug-likeness (QED) is 0.800. The van der Waals surface area contributed by atoms with E-state index < -0.39 is 15.3 Å². The molecule has 2 atom stereocenters. The number of nitrogens with zero attached hydrogens (tertiary/aromatic N) is 2. The SMILES string of the molecule is CC1OCCC1S(=O)(=O)N(C)CCN(C)c1ccccc1. The van der Waals surface area contributed by atoms with Gasteiger partial charge in [-0.2, -0.15) is 0 Å². The van der Waals surface area contributed by atoms with E-state index in [0.29, 0.717) is 26.1 Å². The summed E-state index contributed by atoms with van der Waals surface area (Å²) in [6.07, 6.45) is 0.367. The Kier molecular flexibility index (Phi) is 5.24. The minimum absolute atomic E-state index is 0.218. The van der Waals surface area contributed by atoms with Crippen molar-refractivity contribution in [2.75, 3.05) is 38.7 Å². The minimum atomic E-state index is -3.28. The van der Waals surface area contributed by atoms with Crippen LogP contribution in [0.25, 0.3) is 0 Å². The predicted molar refractivity (Wildman–Crippen MR) is 85.1 cm³/mol. The maximum Gasteiger partial charge on any atom is 0.219 e. The summed E-state index contributed by atoms with van der Waals surface area (Å²) in [5, 5.41) is -0.412. The predicted octanol–water partition coefficient (Wildman–Crippen LogP) is 1.56. The topological polar surface area (TPSA) is 49.9 Å². The van der Waals surface area contributed by atoms with E-state index >= 15 is 0 Å². The molecule has 5 nitrogen and oxygen atoms in total. The summed E-state index contributed by atoms with van der Waals surface area (Å²) in [4.78, 5) is 2.06. The van der Waals surface area contributed by atoms with Crippen LogP contribution in [0.3, 0.4) is 0 Å². The monoisotopic (exact) mass is 312 g/mol. The molecule has 0 radical (unpaired) electrons. The Balaban J connectivity index is 1.93. The average Bonchev–Trinajstić information content (AvgIpc) is 2.92. The number of benzene rings is 1. The van der Waals surface area contributed by atoms with E-state index in [9.17, 15) is 8.42 Å². The van der Waals surface area contributed by atoms with Crippen LogP contribution in [0.2, 0.25) is 0 Å². The fraction of sp³-hybridized carbons (Fsp3) is 0.600. The standard InChI is InChI=1S/C15H24N2O3S/c1-13-15(9-12-20-13)21(18,19)17(3)11-10-16(2)14-7-5-4-6-8-14/h4-8,13,15H,9-12H2,1-3H3. The van der Waals surface area contributed by atoms with Crippen molar-refractivity contribution in [3.63, 3.8) is 0 Å². The molecule has 0 saturated carbocycles. The fourth-order valence-electron chi connectivity index (χ4n) is 2.56. The van der Waals surface area contributed by atoms with Gasteiger partial charge in [0.25, 0.3) is 0 Å². The molecule has 118 valence electrons. The molecule has 2 unspecified atom stereocenters. The third kappa shape index (κ3) is 3.75. The minimum Gasteiger partial charge on any atom is -0.377 e. The van der Waals surface area contributed by atoms with Gasteiger partial charge in [0.05, 0.1) is 6.10 Å². The van der Waals surface area contributed by atoms with Crippen LogP contribution < -0.4 is 4.90 Å². The van der Waals surface area contributed by atoms with E-state index in [0.717, 1.165) is 5.69 Å². The number of rotatable bonds is 6. The molecular weight excluding hydrogens is 288 g/mol. The van der Waals surface area contributed by atoms with Crippen LogP contribution in [0.1, 0.15) is 13.3 Å². The Bertz CT molecular complexity index is 547. The second kappa shape index (κ2) is 6.77. The highest BCUT2D eigenvalue weighted by atomic mass is 32.2. The lowest BCUT2D eigenvalue weighted by Crippen LogP contribution is -2.42. The fourth-order valence-corrected chi connectivity index (χ4v) is 4.32. The summed E-state index contributed by atoms with van der Waals surface area (Å²) in [5.41, 5.74) is 1.08. The van der Waals surface area contributed by atoms with Crippen molar-refractivity contribution in [1.29, 1.82) is 0 Å². The summed E-state index contributed by atoms with van der Waals surface area (Å²) in [6.45, 7) is 3.49. The lowest BCUT2D eigenvalue weighted by molar-refractivity contribution is 0.125. The van der Waals surface area contributed by atoms with Gasteiger partial charge in [0.1, 0.15) is 5.25 Å². The van der Waals surface area contributed by atoms with Crippen molar-refractivity contribution in [1.82, 2.24) is 4.31 Å². The van der Waals surface area contributed by atoms with Gasteiger partial charge in [0, 0.05) is 39.5 Å². The van der Waals surface area contributed by atoms with E-state index in [1.165, 1.54) is 4.31 Å². The van der Waals surface area contributed by atoms with Gasteiger partial charge in [-0.25, -0.2) is 12.7 Å². The van der Waals surface area contributed by atoms with Crippen LogP contribution in [-0.4, -0.2) is 57.9 Å². The van der Waals surface area contributed by atoms with Gasteiger partial charge < -0.3 is 9.64 Å². The summed E-state index contributed by atoms with van der Waals surface area (Å²) in [7, 11) is 0.337. The van der Waals surface area contributed by atoms with Gasteiger partial charge in [0.2, 0.25) is 10.0 Å². The number of ether oxygens (including phenoxy) is 1. The number of hydrogen-bond donors (Lipinski definition) is 0. The van der Waals surface area contributed by atoms with Crippen molar-refractivity contribution in [2.24, 2.45) is 0 Å². The molecule has 1 heterocycles. The molecule has 1 saturated heterocycles. The molecule has 21 heavy (non-hydrogen) atoms. The van der Waals surface area contributed by atoms with E-state index in [-0.39, 0.29) is 6.10 Å². The third-order valence-electron chi connectivity index (χ3n) is 4.07. The first-order valence-corrected chi connectivity index (χ1v) is 8.76. The third-order valence-corrected chi connectivity index (χ3v) is 6.51. The number of likely N-dealkylation sites (N-methyl/N-ethyl adjacent to an activating group) is 2. The molecular formula is C15H24N2O3S. The van der Waals surface area contributed by atoms with Gasteiger partial charge in [-0.15, -0.1) is 0 Å². The van der Waals surface area contributed by atoms with Crippen LogP contribution >= 0.6 is 0 Å². The Morgan fingerprint density at radius 3 is 2.43 bits per heavy atom. The summed E-state index contributed by atoms with van der Waals surface area (Å²) < 4.78 is 31.9. The van der Waals surface area contributed by atoms with Crippen molar-refractivity contribution < 1.29 is 13.2 Å². The van der Waals surface area contributed by atoms with Crippen LogP contribution in [0.5, 0.6) is 0 Å². The number of hydrogen-bond acceptors (Lipinski definition) is 4. The molecule has 0 spiro atoms. The lowest BCUT2D eigenvalue weighted by atomic mass is 10.3. The van der Waals surface area contributed by atoms with Crippen molar-refractivity contribution >= 4 is 15.7 Å². The molecule has 2 rings (SSSR count). The Morgan fingerprint density at radius 2 is 1.86 bits per heavy atom. The van der Waals surface area contributed by atoms with Crippen molar-refractivity contribution in [3.05, 3.63) is 30.3 Å². The van der Waals surface area contributed by atoms with E-state index in [1.807, 2.05) is 44.3 Å². The lowest BCUT2D eigenvalue weighted by Gasteiger charge is -2.26. The Morgan fingerprint density at radius 1 is 1.19 bits per heavy atom. The number of sulfonamides is 1. The molecule has 0 N–H and O–H groups in total. The molecule has 6 heteroatoms. The van der Waals surface area contributed by atoms with Gasteiger partial charge in [-0.3, -0.25) is 0 Å². The molecule has 1 aliphatic rings. The molecule has 0 aliphatic carbocycles. The molecule has 0 amide bonds. The van der Waals surface area contributed by atoms with Gasteiger partial charge >= 0.3 is 0 Å². The molecule has 1 aromatic carbocycles. The first-order valence-electron chi connectivity index (χ1n) is 7.26. The highest BCUT2D eigenvalue weighted by molar-refractivity contribution is 7.89. The van der Waals surface area contributed by atoms with E-state index in [2.05, 4.69) is 4.90 Å². The van der Waals surface area contributed by atoms with Crippen molar-refractivity contribution in [3.8, 4) is 0 Å². The first kappa shape index (κ1) is 16.3. The van der Waals surface area contributed by atoms with Crippen LogP contribution in [-0.2, 0) is 14.8 Å². The highest BCUT2D eigenvalue weighted by Gasteiger charge is 2.38. The van der Waals surface area contributed by atoms with E-state index in [1.54, 1.807) is 7.05 Å². The summed E-state index contributed by atoms with van der Waals surface area (Å²) in [5.74, 6) is 0. The summed E-state index contributed by atoms with van der Waals surface area (Å²) in [6, 6.07) is 9.95. The van der Waals surface area contributed by atoms with E-state index in [4.69, 9.17) is 4.74 Å². The summed E-state index contributed by atoms with van der Waals surface area (Å²) >= 11 is 0. The zero-order chi connectivity index (χ0) is 15.5. The number of anilines is 1. The maximum atomic E-state index is 12.5. The van der Waals surface area contributed by atoms with Crippen molar-refractivity contribution in [2.45, 2.75) is 24.7 Å².